The SMILES string of the molecule is Cc1cc(OCC2CCCN(S(C)(=O)=O)C2)c(F)cc1N. The van der Waals surface area contributed by atoms with Crippen molar-refractivity contribution in [3.8, 4) is 5.75 Å². The Bertz CT molecular complexity index is 619. The van der Waals surface area contributed by atoms with E-state index in [2.05, 4.69) is 0 Å². The summed E-state index contributed by atoms with van der Waals surface area (Å²) in [6, 6.07) is 2.82. The third-order valence-corrected chi connectivity index (χ3v) is 5.02. The molecule has 0 aliphatic carbocycles. The van der Waals surface area contributed by atoms with Crippen molar-refractivity contribution in [1.82, 2.24) is 4.31 Å². The third-order valence-electron chi connectivity index (χ3n) is 3.75. The fraction of sp³-hybridized carbons (Fsp3) is 0.571. The van der Waals surface area contributed by atoms with Crippen LogP contribution in [0.3, 0.4) is 0 Å². The fourth-order valence-corrected chi connectivity index (χ4v) is 3.40. The number of halogens is 1. The molecule has 0 saturated carbocycles. The molecule has 118 valence electrons. The smallest absolute Gasteiger partial charge is 0.211 e. The molecule has 1 unspecified atom stereocenters. The molecule has 0 radical (unpaired) electrons. The zero-order chi connectivity index (χ0) is 15.6. The van der Waals surface area contributed by atoms with Crippen LogP contribution in [0.5, 0.6) is 5.75 Å². The molecule has 0 bridgehead atoms. The number of rotatable bonds is 4. The van der Waals surface area contributed by atoms with Crippen LogP contribution >= 0.6 is 0 Å². The first-order valence-electron chi connectivity index (χ1n) is 6.91. The van der Waals surface area contributed by atoms with Crippen LogP contribution in [0.1, 0.15) is 18.4 Å². The number of ether oxygens (including phenoxy) is 1. The normalized spacial score (nSPS) is 20.4. The van der Waals surface area contributed by atoms with Crippen LogP contribution in [0, 0.1) is 18.7 Å². The Kier molecular flexibility index (Phi) is 4.73. The van der Waals surface area contributed by atoms with Gasteiger partial charge in [0.05, 0.1) is 12.9 Å². The minimum Gasteiger partial charge on any atom is -0.490 e. The van der Waals surface area contributed by atoms with Gasteiger partial charge in [0, 0.05) is 30.8 Å². The molecule has 1 fully saturated rings. The van der Waals surface area contributed by atoms with Gasteiger partial charge in [-0.25, -0.2) is 17.1 Å². The monoisotopic (exact) mass is 316 g/mol. The summed E-state index contributed by atoms with van der Waals surface area (Å²) < 4.78 is 43.8. The minimum atomic E-state index is -3.18. The van der Waals surface area contributed by atoms with Crippen molar-refractivity contribution in [3.63, 3.8) is 0 Å². The lowest BCUT2D eigenvalue weighted by molar-refractivity contribution is 0.176. The average molecular weight is 316 g/mol. The molecule has 1 atom stereocenters. The molecule has 0 aromatic heterocycles. The number of piperidine rings is 1. The predicted molar refractivity (Wildman–Crippen MR) is 80.2 cm³/mol. The minimum absolute atomic E-state index is 0.0748. The van der Waals surface area contributed by atoms with Gasteiger partial charge in [-0.05, 0) is 31.4 Å². The summed E-state index contributed by atoms with van der Waals surface area (Å²) >= 11 is 0. The summed E-state index contributed by atoms with van der Waals surface area (Å²) in [5, 5.41) is 0. The van der Waals surface area contributed by atoms with Crippen LogP contribution in [0.15, 0.2) is 12.1 Å². The van der Waals surface area contributed by atoms with E-state index in [1.807, 2.05) is 0 Å². The molecule has 1 saturated heterocycles. The number of aryl methyl sites for hydroxylation is 1. The van der Waals surface area contributed by atoms with Crippen molar-refractivity contribution in [1.29, 1.82) is 0 Å². The Morgan fingerprint density at radius 1 is 1.48 bits per heavy atom. The van der Waals surface area contributed by atoms with Gasteiger partial charge in [-0.2, -0.15) is 0 Å². The molecular weight excluding hydrogens is 295 g/mol. The number of sulfonamides is 1. The van der Waals surface area contributed by atoms with Crippen LogP contribution in [-0.2, 0) is 10.0 Å². The summed E-state index contributed by atoms with van der Waals surface area (Å²) in [7, 11) is -3.18. The van der Waals surface area contributed by atoms with Gasteiger partial charge < -0.3 is 10.5 Å². The van der Waals surface area contributed by atoms with Crippen molar-refractivity contribution >= 4 is 15.7 Å². The first-order valence-corrected chi connectivity index (χ1v) is 8.75. The molecular formula is C14H21FN2O3S. The molecule has 7 heteroatoms. The maximum atomic E-state index is 13.7. The van der Waals surface area contributed by atoms with Crippen molar-refractivity contribution < 1.29 is 17.5 Å². The van der Waals surface area contributed by atoms with Crippen molar-refractivity contribution in [3.05, 3.63) is 23.5 Å². The number of nitrogen functional groups attached to an aromatic ring is 1. The van der Waals surface area contributed by atoms with E-state index < -0.39 is 15.8 Å². The van der Waals surface area contributed by atoms with Gasteiger partial charge in [0.15, 0.2) is 11.6 Å². The van der Waals surface area contributed by atoms with E-state index in [9.17, 15) is 12.8 Å². The molecule has 21 heavy (non-hydrogen) atoms. The van der Waals surface area contributed by atoms with Gasteiger partial charge >= 0.3 is 0 Å². The second-order valence-electron chi connectivity index (χ2n) is 5.58. The quantitative estimate of drug-likeness (QED) is 0.859. The lowest BCUT2D eigenvalue weighted by Gasteiger charge is -2.30. The van der Waals surface area contributed by atoms with Crippen LogP contribution in [0.2, 0.25) is 0 Å². The highest BCUT2D eigenvalue weighted by atomic mass is 32.2. The summed E-state index contributed by atoms with van der Waals surface area (Å²) in [4.78, 5) is 0. The van der Waals surface area contributed by atoms with Crippen LogP contribution in [-0.4, -0.2) is 38.7 Å². The van der Waals surface area contributed by atoms with E-state index in [-0.39, 0.29) is 11.7 Å². The van der Waals surface area contributed by atoms with Gasteiger partial charge in [-0.1, -0.05) is 0 Å². The highest BCUT2D eigenvalue weighted by Crippen LogP contribution is 2.25. The molecule has 5 nitrogen and oxygen atoms in total. The van der Waals surface area contributed by atoms with E-state index in [0.29, 0.717) is 25.4 Å². The zero-order valence-electron chi connectivity index (χ0n) is 12.3. The van der Waals surface area contributed by atoms with Crippen molar-refractivity contribution in [2.24, 2.45) is 5.92 Å². The molecule has 2 N–H and O–H groups in total. The molecule has 1 heterocycles. The van der Waals surface area contributed by atoms with E-state index in [4.69, 9.17) is 10.5 Å². The number of benzene rings is 1. The van der Waals surface area contributed by atoms with Gasteiger partial charge in [0.25, 0.3) is 0 Å². The fourth-order valence-electron chi connectivity index (χ4n) is 2.45. The van der Waals surface area contributed by atoms with Crippen molar-refractivity contribution in [2.75, 3.05) is 31.7 Å². The van der Waals surface area contributed by atoms with E-state index in [1.54, 1.807) is 13.0 Å². The molecule has 1 aromatic carbocycles. The summed E-state index contributed by atoms with van der Waals surface area (Å²) in [5.41, 5.74) is 6.77. The molecule has 1 aliphatic heterocycles. The van der Waals surface area contributed by atoms with E-state index in [0.717, 1.165) is 18.4 Å². The van der Waals surface area contributed by atoms with E-state index in [1.165, 1.54) is 16.6 Å². The van der Waals surface area contributed by atoms with Gasteiger partial charge in [-0.3, -0.25) is 0 Å². The highest BCUT2D eigenvalue weighted by Gasteiger charge is 2.26. The standard InChI is InChI=1S/C14H21FN2O3S/c1-10-6-14(12(15)7-13(10)16)20-9-11-4-3-5-17(8-11)21(2,18)19/h6-7,11H,3-5,8-9,16H2,1-2H3. The Morgan fingerprint density at radius 2 is 2.19 bits per heavy atom. The topological polar surface area (TPSA) is 72.6 Å². The second-order valence-corrected chi connectivity index (χ2v) is 7.56. The molecule has 1 aliphatic rings. The summed E-state index contributed by atoms with van der Waals surface area (Å²) in [5.74, 6) is -0.252. The maximum absolute atomic E-state index is 13.7. The van der Waals surface area contributed by atoms with Crippen LogP contribution < -0.4 is 10.5 Å². The lowest BCUT2D eigenvalue weighted by Crippen LogP contribution is -2.40. The Balaban J connectivity index is 1.98. The van der Waals surface area contributed by atoms with E-state index >= 15 is 0 Å². The largest absolute Gasteiger partial charge is 0.490 e. The number of hydrogen-bond donors (Lipinski definition) is 1. The van der Waals surface area contributed by atoms with Crippen LogP contribution in [0.25, 0.3) is 0 Å². The first-order chi connectivity index (χ1) is 9.77. The van der Waals surface area contributed by atoms with Gasteiger partial charge in [-0.15, -0.1) is 0 Å². The number of anilines is 1. The second kappa shape index (κ2) is 6.19. The maximum Gasteiger partial charge on any atom is 0.211 e. The predicted octanol–water partition coefficient (Wildman–Crippen LogP) is 1.77. The zero-order valence-corrected chi connectivity index (χ0v) is 13.1. The van der Waals surface area contributed by atoms with Gasteiger partial charge in [0.1, 0.15) is 0 Å². The molecule has 1 aromatic rings. The number of nitrogens with zero attached hydrogens (tertiary/aromatic N) is 1. The average Bonchev–Trinajstić information content (AvgIpc) is 2.41. The Hall–Kier alpha value is -1.34. The molecule has 0 amide bonds. The third kappa shape index (κ3) is 4.07. The first kappa shape index (κ1) is 16.0. The highest BCUT2D eigenvalue weighted by molar-refractivity contribution is 7.88. The molecule has 0 spiro atoms. The van der Waals surface area contributed by atoms with Gasteiger partial charge in [0.2, 0.25) is 10.0 Å². The Labute approximate surface area is 124 Å². The number of hydrogen-bond acceptors (Lipinski definition) is 4. The molecule has 2 rings (SSSR count). The summed E-state index contributed by atoms with van der Waals surface area (Å²) in [6.45, 7) is 3.05. The lowest BCUT2D eigenvalue weighted by atomic mass is 10.0. The number of nitrogens with two attached hydrogens (primary N) is 1. The Morgan fingerprint density at radius 3 is 2.86 bits per heavy atom. The summed E-state index contributed by atoms with van der Waals surface area (Å²) in [6.07, 6.45) is 2.88. The van der Waals surface area contributed by atoms with Crippen LogP contribution in [0.4, 0.5) is 10.1 Å². The van der Waals surface area contributed by atoms with Crippen molar-refractivity contribution in [2.45, 2.75) is 19.8 Å².